The number of amides is 1. The van der Waals surface area contributed by atoms with Gasteiger partial charge in [0.05, 0.1) is 6.04 Å². The average molecular weight is 211 g/mol. The van der Waals surface area contributed by atoms with Crippen LogP contribution in [-0.4, -0.2) is 36.6 Å². The van der Waals surface area contributed by atoms with E-state index < -0.39 is 0 Å². The number of methoxy groups -OCH3 is 1. The van der Waals surface area contributed by atoms with Gasteiger partial charge in [-0.2, -0.15) is 0 Å². The Morgan fingerprint density at radius 1 is 1.47 bits per heavy atom. The molecule has 86 valence electrons. The van der Waals surface area contributed by atoms with Crippen molar-refractivity contribution in [1.82, 2.24) is 4.90 Å². The number of carbonyl (C=O) groups is 1. The molecule has 15 heavy (non-hydrogen) atoms. The Morgan fingerprint density at radius 3 is 2.73 bits per heavy atom. The highest BCUT2D eigenvalue weighted by Crippen LogP contribution is 2.43. The largest absolute Gasteiger partial charge is 0.369 e. The van der Waals surface area contributed by atoms with Crippen LogP contribution in [0.1, 0.15) is 33.6 Å². The number of β-lactam (4-membered cyclic amide) rings is 1. The van der Waals surface area contributed by atoms with Crippen LogP contribution in [0.2, 0.25) is 0 Å². The van der Waals surface area contributed by atoms with Crippen LogP contribution in [0.15, 0.2) is 0 Å². The number of nitrogens with zero attached hydrogens (tertiary/aromatic N) is 1. The lowest BCUT2D eigenvalue weighted by Crippen LogP contribution is -2.69. The first-order chi connectivity index (χ1) is 6.97. The summed E-state index contributed by atoms with van der Waals surface area (Å²) in [5.74, 6) is 0.806. The van der Waals surface area contributed by atoms with Crippen molar-refractivity contribution in [2.75, 3.05) is 13.7 Å². The van der Waals surface area contributed by atoms with E-state index in [1.165, 1.54) is 12.8 Å². The number of carbonyl (C=O) groups excluding carboxylic acids is 1. The Morgan fingerprint density at radius 2 is 2.13 bits per heavy atom. The van der Waals surface area contributed by atoms with Gasteiger partial charge in [0, 0.05) is 13.7 Å². The molecular weight excluding hydrogens is 190 g/mol. The van der Waals surface area contributed by atoms with Crippen molar-refractivity contribution in [3.63, 3.8) is 0 Å². The average Bonchev–Trinajstić information content (AvgIpc) is 2.27. The Labute approximate surface area is 91.8 Å². The van der Waals surface area contributed by atoms with Gasteiger partial charge in [-0.15, -0.1) is 0 Å². The number of fused-ring (bicyclic) bond motifs is 1. The molecule has 0 N–H and O–H groups in total. The molecule has 2 aliphatic rings. The third-order valence-electron chi connectivity index (χ3n) is 3.99. The fraction of sp³-hybridized carbons (Fsp3) is 0.917. The summed E-state index contributed by atoms with van der Waals surface area (Å²) in [6.45, 7) is 7.64. The first-order valence-corrected chi connectivity index (χ1v) is 5.80. The normalized spacial score (nSPS) is 39.3. The lowest BCUT2D eigenvalue weighted by Gasteiger charge is -2.52. The molecule has 3 atom stereocenters. The highest BCUT2D eigenvalue weighted by atomic mass is 16.5. The summed E-state index contributed by atoms with van der Waals surface area (Å²) < 4.78 is 5.30. The molecular formula is C12H21NO2. The summed E-state index contributed by atoms with van der Waals surface area (Å²) in [6.07, 6.45) is 2.21. The second-order valence-corrected chi connectivity index (χ2v) is 5.72. The maximum absolute atomic E-state index is 11.8. The SMILES string of the molecule is CO[C@@H]1C(=O)N2C[C@H](C)CCC(C)(C)[C@H]12. The van der Waals surface area contributed by atoms with E-state index in [4.69, 9.17) is 4.74 Å². The standard InChI is InChI=1S/C12H21NO2/c1-8-5-6-12(2,3)10-9(15-4)11(14)13(10)7-8/h8-10H,5-7H2,1-4H3/t8-,9+,10+/m1/s1. The molecule has 3 nitrogen and oxygen atoms in total. The van der Waals surface area contributed by atoms with Crippen LogP contribution in [-0.2, 0) is 9.53 Å². The van der Waals surface area contributed by atoms with Gasteiger partial charge in [0.1, 0.15) is 0 Å². The van der Waals surface area contributed by atoms with Gasteiger partial charge in [-0.05, 0) is 24.2 Å². The van der Waals surface area contributed by atoms with E-state index in [-0.39, 0.29) is 17.4 Å². The Hall–Kier alpha value is -0.570. The molecule has 2 aliphatic heterocycles. The van der Waals surface area contributed by atoms with Gasteiger partial charge in [-0.25, -0.2) is 0 Å². The summed E-state index contributed by atoms with van der Waals surface area (Å²) in [7, 11) is 1.64. The first kappa shape index (κ1) is 10.9. The van der Waals surface area contributed by atoms with Crippen molar-refractivity contribution in [1.29, 1.82) is 0 Å². The fourth-order valence-electron chi connectivity index (χ4n) is 2.98. The van der Waals surface area contributed by atoms with Crippen molar-refractivity contribution in [3.8, 4) is 0 Å². The number of ether oxygens (including phenoxy) is 1. The molecule has 0 aromatic heterocycles. The van der Waals surface area contributed by atoms with Crippen LogP contribution in [0.3, 0.4) is 0 Å². The van der Waals surface area contributed by atoms with Crippen LogP contribution in [0.5, 0.6) is 0 Å². The maximum atomic E-state index is 11.8. The van der Waals surface area contributed by atoms with E-state index >= 15 is 0 Å². The third kappa shape index (κ3) is 1.57. The van der Waals surface area contributed by atoms with Crippen molar-refractivity contribution >= 4 is 5.91 Å². The second-order valence-electron chi connectivity index (χ2n) is 5.72. The van der Waals surface area contributed by atoms with Crippen molar-refractivity contribution < 1.29 is 9.53 Å². The summed E-state index contributed by atoms with van der Waals surface area (Å²) in [5.41, 5.74) is 0.194. The van der Waals surface area contributed by atoms with E-state index in [1.54, 1.807) is 7.11 Å². The summed E-state index contributed by atoms with van der Waals surface area (Å²) in [6, 6.07) is 0.292. The Balaban J connectivity index is 2.22. The molecule has 0 aromatic carbocycles. The minimum Gasteiger partial charge on any atom is -0.369 e. The van der Waals surface area contributed by atoms with E-state index in [2.05, 4.69) is 20.8 Å². The van der Waals surface area contributed by atoms with Crippen LogP contribution in [0, 0.1) is 11.3 Å². The van der Waals surface area contributed by atoms with Crippen LogP contribution >= 0.6 is 0 Å². The minimum absolute atomic E-state index is 0.185. The topological polar surface area (TPSA) is 29.5 Å². The maximum Gasteiger partial charge on any atom is 0.254 e. The second kappa shape index (κ2) is 3.48. The van der Waals surface area contributed by atoms with Gasteiger partial charge in [-0.1, -0.05) is 20.8 Å². The van der Waals surface area contributed by atoms with Gasteiger partial charge < -0.3 is 9.64 Å². The molecule has 0 radical (unpaired) electrons. The lowest BCUT2D eigenvalue weighted by atomic mass is 9.73. The number of hydrogen-bond acceptors (Lipinski definition) is 2. The molecule has 0 bridgehead atoms. The smallest absolute Gasteiger partial charge is 0.254 e. The van der Waals surface area contributed by atoms with Crippen LogP contribution in [0.4, 0.5) is 0 Å². The van der Waals surface area contributed by atoms with Gasteiger partial charge in [-0.3, -0.25) is 4.79 Å². The van der Waals surface area contributed by atoms with Crippen LogP contribution < -0.4 is 0 Å². The molecule has 0 spiro atoms. The monoisotopic (exact) mass is 211 g/mol. The van der Waals surface area contributed by atoms with E-state index in [1.807, 2.05) is 4.90 Å². The van der Waals surface area contributed by atoms with E-state index in [0.717, 1.165) is 6.54 Å². The quantitative estimate of drug-likeness (QED) is 0.617. The molecule has 0 unspecified atom stereocenters. The summed E-state index contributed by atoms with van der Waals surface area (Å²) in [4.78, 5) is 13.8. The summed E-state index contributed by atoms with van der Waals surface area (Å²) in [5, 5.41) is 0. The van der Waals surface area contributed by atoms with E-state index in [0.29, 0.717) is 12.0 Å². The van der Waals surface area contributed by atoms with Crippen molar-refractivity contribution in [2.45, 2.75) is 45.8 Å². The van der Waals surface area contributed by atoms with Crippen molar-refractivity contribution in [2.24, 2.45) is 11.3 Å². The van der Waals surface area contributed by atoms with Gasteiger partial charge in [0.2, 0.25) is 0 Å². The predicted molar refractivity (Wildman–Crippen MR) is 58.5 cm³/mol. The van der Waals surface area contributed by atoms with Gasteiger partial charge in [0.25, 0.3) is 5.91 Å². The first-order valence-electron chi connectivity index (χ1n) is 5.80. The van der Waals surface area contributed by atoms with Gasteiger partial charge >= 0.3 is 0 Å². The zero-order chi connectivity index (χ0) is 11.2. The molecule has 1 amide bonds. The molecule has 3 heteroatoms. The summed E-state index contributed by atoms with van der Waals surface area (Å²) >= 11 is 0. The zero-order valence-corrected chi connectivity index (χ0v) is 10.1. The highest BCUT2D eigenvalue weighted by molar-refractivity contribution is 5.88. The third-order valence-corrected chi connectivity index (χ3v) is 3.99. The van der Waals surface area contributed by atoms with Crippen LogP contribution in [0.25, 0.3) is 0 Å². The molecule has 2 fully saturated rings. The molecule has 2 heterocycles. The van der Waals surface area contributed by atoms with Gasteiger partial charge in [0.15, 0.2) is 6.10 Å². The highest BCUT2D eigenvalue weighted by Gasteiger charge is 2.55. The van der Waals surface area contributed by atoms with Crippen molar-refractivity contribution in [3.05, 3.63) is 0 Å². The van der Waals surface area contributed by atoms with E-state index in [9.17, 15) is 4.79 Å². The molecule has 2 rings (SSSR count). The Bertz CT molecular complexity index is 275. The number of hydrogen-bond donors (Lipinski definition) is 0. The molecule has 0 saturated carbocycles. The predicted octanol–water partition coefficient (Wildman–Crippen LogP) is 1.67. The fourth-order valence-corrected chi connectivity index (χ4v) is 2.98. The zero-order valence-electron chi connectivity index (χ0n) is 10.1. The minimum atomic E-state index is -0.190. The molecule has 0 aliphatic carbocycles. The molecule has 0 aromatic rings. The Kier molecular flexibility index (Phi) is 2.53. The number of rotatable bonds is 1. The lowest BCUT2D eigenvalue weighted by molar-refractivity contribution is -0.180. The molecule has 2 saturated heterocycles.